The second kappa shape index (κ2) is 7.14. The average Bonchev–Trinajstić information content (AvgIpc) is 2.50. The van der Waals surface area contributed by atoms with Crippen molar-refractivity contribution in [3.63, 3.8) is 0 Å². The normalized spacial score (nSPS) is 17.5. The highest BCUT2D eigenvalue weighted by Gasteiger charge is 2.27. The summed E-state index contributed by atoms with van der Waals surface area (Å²) in [5.74, 6) is 0.494. The minimum Gasteiger partial charge on any atom is -0.370 e. The Morgan fingerprint density at radius 1 is 1.18 bits per heavy atom. The fourth-order valence-electron chi connectivity index (χ4n) is 2.88. The maximum atomic E-state index is 6.05. The lowest BCUT2D eigenvalue weighted by atomic mass is 9.99. The van der Waals surface area contributed by atoms with E-state index in [4.69, 9.17) is 5.73 Å². The number of aliphatic imine (C=N–C) groups is 1. The summed E-state index contributed by atoms with van der Waals surface area (Å²) in [7, 11) is 0. The number of nitrogens with one attached hydrogen (secondary N) is 1. The quantitative estimate of drug-likeness (QED) is 0.663. The van der Waals surface area contributed by atoms with Crippen LogP contribution in [0.15, 0.2) is 23.2 Å². The number of nitrogens with zero attached hydrogens (tertiary/aromatic N) is 2. The molecule has 0 radical (unpaired) electrons. The van der Waals surface area contributed by atoms with Crippen LogP contribution in [0.5, 0.6) is 0 Å². The maximum absolute atomic E-state index is 6.05. The molecule has 22 heavy (non-hydrogen) atoms. The molecule has 0 unspecified atom stereocenters. The van der Waals surface area contributed by atoms with Gasteiger partial charge in [-0.2, -0.15) is 0 Å². The largest absolute Gasteiger partial charge is 0.370 e. The molecule has 0 aromatic heterocycles. The fourth-order valence-corrected chi connectivity index (χ4v) is 2.88. The van der Waals surface area contributed by atoms with Crippen LogP contribution < -0.4 is 11.1 Å². The molecule has 0 amide bonds. The Morgan fingerprint density at radius 2 is 1.86 bits per heavy atom. The number of rotatable bonds is 4. The summed E-state index contributed by atoms with van der Waals surface area (Å²) < 4.78 is 0. The van der Waals surface area contributed by atoms with E-state index in [0.29, 0.717) is 5.96 Å². The van der Waals surface area contributed by atoms with E-state index in [0.717, 1.165) is 12.2 Å². The zero-order chi connectivity index (χ0) is 16.2. The lowest BCUT2D eigenvalue weighted by Gasteiger charge is -2.40. The predicted molar refractivity (Wildman–Crippen MR) is 95.5 cm³/mol. The van der Waals surface area contributed by atoms with Crippen molar-refractivity contribution in [1.29, 1.82) is 0 Å². The molecule has 3 N–H and O–H groups in total. The second-order valence-electron chi connectivity index (χ2n) is 6.99. The number of hydrogen-bond donors (Lipinski definition) is 2. The first kappa shape index (κ1) is 16.8. The van der Waals surface area contributed by atoms with Crippen molar-refractivity contribution in [2.24, 2.45) is 10.7 Å². The molecule has 0 spiro atoms. The first-order valence-corrected chi connectivity index (χ1v) is 8.28. The van der Waals surface area contributed by atoms with Crippen molar-refractivity contribution in [3.8, 4) is 0 Å². The van der Waals surface area contributed by atoms with E-state index in [1.54, 1.807) is 0 Å². The zero-order valence-corrected chi connectivity index (χ0v) is 14.4. The van der Waals surface area contributed by atoms with Gasteiger partial charge in [0.2, 0.25) is 0 Å². The monoisotopic (exact) mass is 302 g/mol. The van der Waals surface area contributed by atoms with Crippen molar-refractivity contribution >= 4 is 11.6 Å². The number of hydrogen-bond acceptors (Lipinski definition) is 2. The molecule has 0 bridgehead atoms. The van der Waals surface area contributed by atoms with Gasteiger partial charge in [0, 0.05) is 11.2 Å². The molecule has 1 aliphatic heterocycles. The van der Waals surface area contributed by atoms with E-state index in [9.17, 15) is 0 Å². The predicted octanol–water partition coefficient (Wildman–Crippen LogP) is 3.29. The van der Waals surface area contributed by atoms with Crippen LogP contribution in [0.25, 0.3) is 0 Å². The summed E-state index contributed by atoms with van der Waals surface area (Å²) in [6, 6.07) is 6.25. The van der Waals surface area contributed by atoms with Crippen LogP contribution in [0.3, 0.4) is 0 Å². The van der Waals surface area contributed by atoms with Gasteiger partial charge in [-0.25, -0.2) is 0 Å². The molecular weight excluding hydrogens is 272 g/mol. The van der Waals surface area contributed by atoms with Crippen molar-refractivity contribution < 1.29 is 0 Å². The van der Waals surface area contributed by atoms with Gasteiger partial charge in [0.1, 0.15) is 0 Å². The molecule has 1 saturated heterocycles. The second-order valence-corrected chi connectivity index (χ2v) is 6.99. The van der Waals surface area contributed by atoms with Gasteiger partial charge in [0.25, 0.3) is 0 Å². The van der Waals surface area contributed by atoms with Gasteiger partial charge in [-0.05, 0) is 76.9 Å². The molecule has 0 atom stereocenters. The highest BCUT2D eigenvalue weighted by molar-refractivity contribution is 5.92. The molecule has 122 valence electrons. The van der Waals surface area contributed by atoms with Gasteiger partial charge in [-0.3, -0.25) is 9.89 Å². The van der Waals surface area contributed by atoms with Crippen molar-refractivity contribution in [2.45, 2.75) is 52.5 Å². The van der Waals surface area contributed by atoms with Gasteiger partial charge < -0.3 is 11.1 Å². The zero-order valence-electron chi connectivity index (χ0n) is 14.4. The average molecular weight is 302 g/mol. The molecule has 4 nitrogen and oxygen atoms in total. The molecule has 0 aliphatic carbocycles. The summed E-state index contributed by atoms with van der Waals surface area (Å²) >= 11 is 0. The molecular formula is C18H30N4. The van der Waals surface area contributed by atoms with Gasteiger partial charge >= 0.3 is 0 Å². The van der Waals surface area contributed by atoms with E-state index < -0.39 is 0 Å². The topological polar surface area (TPSA) is 53.6 Å². The first-order chi connectivity index (χ1) is 10.4. The molecule has 1 aliphatic rings. The number of piperidine rings is 1. The van der Waals surface area contributed by atoms with Crippen LogP contribution in [0, 0.1) is 13.8 Å². The van der Waals surface area contributed by atoms with Gasteiger partial charge in [-0.1, -0.05) is 12.5 Å². The lowest BCUT2D eigenvalue weighted by molar-refractivity contribution is 0.102. The molecule has 1 aromatic rings. The van der Waals surface area contributed by atoms with Gasteiger partial charge in [0.05, 0.1) is 6.54 Å². The fraction of sp³-hybridized carbons (Fsp3) is 0.611. The van der Waals surface area contributed by atoms with E-state index in [1.165, 1.54) is 43.5 Å². The minimum atomic E-state index is 0.0654. The number of likely N-dealkylation sites (tertiary alicyclic amines) is 1. The first-order valence-electron chi connectivity index (χ1n) is 8.28. The third-order valence-electron chi connectivity index (χ3n) is 4.63. The number of anilines is 1. The van der Waals surface area contributed by atoms with E-state index in [2.05, 4.69) is 55.0 Å². The lowest BCUT2D eigenvalue weighted by Crippen LogP contribution is -2.49. The third-order valence-corrected chi connectivity index (χ3v) is 4.63. The molecule has 0 saturated carbocycles. The summed E-state index contributed by atoms with van der Waals surface area (Å²) in [5.41, 5.74) is 9.66. The van der Waals surface area contributed by atoms with Crippen molar-refractivity contribution in [3.05, 3.63) is 29.3 Å². The third kappa shape index (κ3) is 4.47. The van der Waals surface area contributed by atoms with Crippen LogP contribution in [0.4, 0.5) is 5.69 Å². The molecule has 2 rings (SSSR count). The van der Waals surface area contributed by atoms with Crippen molar-refractivity contribution in [2.75, 3.05) is 25.0 Å². The van der Waals surface area contributed by atoms with Gasteiger partial charge in [-0.15, -0.1) is 0 Å². The Kier molecular flexibility index (Phi) is 5.46. The number of guanidine groups is 1. The minimum absolute atomic E-state index is 0.0654. The molecule has 1 fully saturated rings. The number of benzene rings is 1. The van der Waals surface area contributed by atoms with Crippen LogP contribution >= 0.6 is 0 Å². The molecule has 1 heterocycles. The Balaban J connectivity index is 1.94. The van der Waals surface area contributed by atoms with Crippen LogP contribution in [-0.2, 0) is 0 Å². The smallest absolute Gasteiger partial charge is 0.193 e. The van der Waals surface area contributed by atoms with Crippen LogP contribution in [-0.4, -0.2) is 36.0 Å². The van der Waals surface area contributed by atoms with E-state index in [1.807, 2.05) is 6.07 Å². The highest BCUT2D eigenvalue weighted by Crippen LogP contribution is 2.21. The van der Waals surface area contributed by atoms with E-state index >= 15 is 0 Å². The van der Waals surface area contributed by atoms with Crippen LogP contribution in [0.1, 0.15) is 44.2 Å². The summed E-state index contributed by atoms with van der Waals surface area (Å²) in [4.78, 5) is 7.09. The Morgan fingerprint density at radius 3 is 2.50 bits per heavy atom. The standard InChI is InChI=1S/C18H30N4/c1-14-8-9-16(12-15(14)2)21-17(19)20-13-18(3,4)22-10-6-5-7-11-22/h8-9,12H,5-7,10-11,13H2,1-4H3,(H3,19,20,21). The van der Waals surface area contributed by atoms with Crippen LogP contribution in [0.2, 0.25) is 0 Å². The Hall–Kier alpha value is -1.55. The maximum Gasteiger partial charge on any atom is 0.193 e. The Bertz CT molecular complexity index is 528. The summed E-state index contributed by atoms with van der Waals surface area (Å²) in [5, 5.41) is 3.19. The summed E-state index contributed by atoms with van der Waals surface area (Å²) in [6.45, 7) is 11.8. The molecule has 1 aromatic carbocycles. The Labute approximate surface area is 134 Å². The molecule has 4 heteroatoms. The number of aryl methyl sites for hydroxylation is 2. The summed E-state index contributed by atoms with van der Waals surface area (Å²) in [6.07, 6.45) is 3.94. The van der Waals surface area contributed by atoms with Gasteiger partial charge in [0.15, 0.2) is 5.96 Å². The SMILES string of the molecule is Cc1ccc(NC(N)=NCC(C)(C)N2CCCCC2)cc1C. The highest BCUT2D eigenvalue weighted by atomic mass is 15.2. The van der Waals surface area contributed by atoms with E-state index in [-0.39, 0.29) is 5.54 Å². The number of nitrogens with two attached hydrogens (primary N) is 1. The van der Waals surface area contributed by atoms with Crippen molar-refractivity contribution in [1.82, 2.24) is 4.90 Å².